The van der Waals surface area contributed by atoms with E-state index in [1.807, 2.05) is 46.4 Å². The SMILES string of the molecule is CC(C)OC[C@@H]1C[C@@H](OC(C)C)CN1C(=O)CSSC(=O)C(C)C. The van der Waals surface area contributed by atoms with E-state index in [1.54, 1.807) is 0 Å². The lowest BCUT2D eigenvalue weighted by molar-refractivity contribution is -0.131. The Morgan fingerprint density at radius 1 is 1.12 bits per heavy atom. The molecule has 140 valence electrons. The second-order valence-electron chi connectivity index (χ2n) is 6.94. The number of carbonyl (C=O) groups is 2. The summed E-state index contributed by atoms with van der Waals surface area (Å²) in [5.41, 5.74) is 0. The summed E-state index contributed by atoms with van der Waals surface area (Å²) in [4.78, 5) is 26.1. The lowest BCUT2D eigenvalue weighted by atomic mass is 10.2. The van der Waals surface area contributed by atoms with Gasteiger partial charge in [-0.2, -0.15) is 0 Å². The van der Waals surface area contributed by atoms with Crippen molar-refractivity contribution in [3.05, 3.63) is 0 Å². The molecule has 1 aliphatic rings. The maximum absolute atomic E-state index is 12.6. The molecule has 0 saturated carbocycles. The molecule has 5 nitrogen and oxygen atoms in total. The highest BCUT2D eigenvalue weighted by Gasteiger charge is 2.36. The minimum atomic E-state index is -0.0135. The van der Waals surface area contributed by atoms with Gasteiger partial charge in [-0.05, 0) is 44.9 Å². The normalized spacial score (nSPS) is 21.3. The summed E-state index contributed by atoms with van der Waals surface area (Å²) in [5.74, 6) is 0.340. The van der Waals surface area contributed by atoms with Crippen LogP contribution in [0.4, 0.5) is 0 Å². The zero-order valence-corrected chi connectivity index (χ0v) is 17.2. The topological polar surface area (TPSA) is 55.8 Å². The second-order valence-corrected chi connectivity index (χ2v) is 9.24. The van der Waals surface area contributed by atoms with E-state index >= 15 is 0 Å². The Bertz CT molecular complexity index is 415. The predicted octanol–water partition coefficient (Wildman–Crippen LogP) is 3.37. The van der Waals surface area contributed by atoms with E-state index in [0.717, 1.165) is 6.42 Å². The van der Waals surface area contributed by atoms with Crippen LogP contribution >= 0.6 is 21.6 Å². The summed E-state index contributed by atoms with van der Waals surface area (Å²) in [6, 6.07) is 0.0510. The van der Waals surface area contributed by atoms with E-state index in [2.05, 4.69) is 0 Å². The van der Waals surface area contributed by atoms with Crippen LogP contribution in [0.3, 0.4) is 0 Å². The number of amides is 1. The van der Waals surface area contributed by atoms with Gasteiger partial charge in [-0.1, -0.05) is 24.6 Å². The molecule has 7 heteroatoms. The number of hydrogen-bond donors (Lipinski definition) is 0. The van der Waals surface area contributed by atoms with Gasteiger partial charge in [0.2, 0.25) is 11.0 Å². The third kappa shape index (κ3) is 7.76. The number of hydrogen-bond acceptors (Lipinski definition) is 6. The van der Waals surface area contributed by atoms with Crippen LogP contribution in [0.1, 0.15) is 48.0 Å². The molecule has 1 heterocycles. The molecule has 2 atom stereocenters. The molecule has 1 rings (SSSR count). The molecule has 0 aromatic heterocycles. The Morgan fingerprint density at radius 2 is 1.79 bits per heavy atom. The molecule has 1 amide bonds. The van der Waals surface area contributed by atoms with Crippen molar-refractivity contribution in [3.8, 4) is 0 Å². The Balaban J connectivity index is 2.55. The first-order valence-corrected chi connectivity index (χ1v) is 10.9. The Kier molecular flexibility index (Phi) is 9.71. The fourth-order valence-corrected chi connectivity index (χ4v) is 4.48. The maximum atomic E-state index is 12.6. The zero-order valence-electron chi connectivity index (χ0n) is 15.6. The Morgan fingerprint density at radius 3 is 2.33 bits per heavy atom. The first kappa shape index (κ1) is 21.8. The fourth-order valence-electron chi connectivity index (χ4n) is 2.44. The largest absolute Gasteiger partial charge is 0.377 e. The molecular weight excluding hydrogens is 346 g/mol. The maximum Gasteiger partial charge on any atom is 0.233 e. The van der Waals surface area contributed by atoms with E-state index in [4.69, 9.17) is 9.47 Å². The summed E-state index contributed by atoms with van der Waals surface area (Å²) < 4.78 is 11.6. The average molecular weight is 378 g/mol. The Hall–Kier alpha value is -0.240. The van der Waals surface area contributed by atoms with Gasteiger partial charge in [0.25, 0.3) is 0 Å². The minimum absolute atomic E-state index is 0.0135. The lowest BCUT2D eigenvalue weighted by Crippen LogP contribution is -2.40. The summed E-state index contributed by atoms with van der Waals surface area (Å²) >= 11 is 0. The van der Waals surface area contributed by atoms with Gasteiger partial charge in [0, 0.05) is 12.5 Å². The van der Waals surface area contributed by atoms with E-state index in [-0.39, 0.29) is 41.3 Å². The Labute approximate surface area is 154 Å². The second kappa shape index (κ2) is 10.7. The number of nitrogens with zero attached hydrogens (tertiary/aromatic N) is 1. The van der Waals surface area contributed by atoms with E-state index < -0.39 is 0 Å². The van der Waals surface area contributed by atoms with Crippen LogP contribution in [-0.2, 0) is 19.1 Å². The zero-order chi connectivity index (χ0) is 18.3. The molecular formula is C17H31NO4S2. The van der Waals surface area contributed by atoms with Crippen LogP contribution in [0.15, 0.2) is 0 Å². The van der Waals surface area contributed by atoms with E-state index in [1.165, 1.54) is 21.6 Å². The van der Waals surface area contributed by atoms with Gasteiger partial charge in [0.15, 0.2) is 0 Å². The number of rotatable bonds is 9. The molecule has 0 aliphatic carbocycles. The molecule has 0 spiro atoms. The smallest absolute Gasteiger partial charge is 0.233 e. The molecule has 1 aliphatic heterocycles. The van der Waals surface area contributed by atoms with Crippen LogP contribution in [0, 0.1) is 5.92 Å². The summed E-state index contributed by atoms with van der Waals surface area (Å²) in [6.45, 7) is 12.9. The molecule has 24 heavy (non-hydrogen) atoms. The molecule has 0 N–H and O–H groups in total. The van der Waals surface area contributed by atoms with Crippen molar-refractivity contribution >= 4 is 32.6 Å². The molecule has 0 aromatic carbocycles. The highest BCUT2D eigenvalue weighted by atomic mass is 33.1. The molecule has 0 bridgehead atoms. The van der Waals surface area contributed by atoms with E-state index in [0.29, 0.717) is 18.9 Å². The third-order valence-electron chi connectivity index (χ3n) is 3.58. The number of ether oxygens (including phenoxy) is 2. The van der Waals surface area contributed by atoms with Crippen molar-refractivity contribution in [2.24, 2.45) is 5.92 Å². The van der Waals surface area contributed by atoms with Gasteiger partial charge in [0.05, 0.1) is 36.7 Å². The highest BCUT2D eigenvalue weighted by molar-refractivity contribution is 8.82. The molecule has 1 fully saturated rings. The molecule has 0 aromatic rings. The van der Waals surface area contributed by atoms with Crippen molar-refractivity contribution < 1.29 is 19.1 Å². The first-order valence-electron chi connectivity index (χ1n) is 8.60. The van der Waals surface area contributed by atoms with Crippen LogP contribution in [0.25, 0.3) is 0 Å². The highest BCUT2D eigenvalue weighted by Crippen LogP contribution is 2.28. The van der Waals surface area contributed by atoms with Crippen molar-refractivity contribution in [3.63, 3.8) is 0 Å². The van der Waals surface area contributed by atoms with Gasteiger partial charge in [0.1, 0.15) is 0 Å². The van der Waals surface area contributed by atoms with Crippen LogP contribution in [-0.4, -0.2) is 59.2 Å². The summed E-state index contributed by atoms with van der Waals surface area (Å²) in [5, 5.41) is 0.106. The van der Waals surface area contributed by atoms with Crippen molar-refractivity contribution in [2.75, 3.05) is 18.9 Å². The predicted molar refractivity (Wildman–Crippen MR) is 101 cm³/mol. The van der Waals surface area contributed by atoms with Crippen molar-refractivity contribution in [1.29, 1.82) is 0 Å². The first-order chi connectivity index (χ1) is 11.2. The number of likely N-dealkylation sites (tertiary alicyclic amines) is 1. The fraction of sp³-hybridized carbons (Fsp3) is 0.882. The summed E-state index contributed by atoms with van der Waals surface area (Å²) in [7, 11) is 2.49. The van der Waals surface area contributed by atoms with Gasteiger partial charge >= 0.3 is 0 Å². The third-order valence-corrected chi connectivity index (χ3v) is 5.90. The van der Waals surface area contributed by atoms with Crippen molar-refractivity contribution in [2.45, 2.75) is 72.3 Å². The van der Waals surface area contributed by atoms with Crippen LogP contribution in [0.2, 0.25) is 0 Å². The van der Waals surface area contributed by atoms with Gasteiger partial charge in [-0.25, -0.2) is 0 Å². The quantitative estimate of drug-likeness (QED) is 0.574. The van der Waals surface area contributed by atoms with Gasteiger partial charge < -0.3 is 14.4 Å². The molecule has 0 unspecified atom stereocenters. The van der Waals surface area contributed by atoms with Gasteiger partial charge in [-0.3, -0.25) is 9.59 Å². The molecule has 0 radical (unpaired) electrons. The van der Waals surface area contributed by atoms with Gasteiger partial charge in [-0.15, -0.1) is 0 Å². The van der Waals surface area contributed by atoms with Crippen LogP contribution < -0.4 is 0 Å². The van der Waals surface area contributed by atoms with Crippen molar-refractivity contribution in [1.82, 2.24) is 4.90 Å². The average Bonchev–Trinajstić information content (AvgIpc) is 2.86. The standard InChI is InChI=1S/C17H31NO4S2/c1-11(2)17(20)24-23-10-16(19)18-8-15(22-13(5)6)7-14(18)9-21-12(3)4/h11-15H,7-10H2,1-6H3/t14-,15+/m0/s1. The monoisotopic (exact) mass is 377 g/mol. The minimum Gasteiger partial charge on any atom is -0.377 e. The summed E-state index contributed by atoms with van der Waals surface area (Å²) in [6.07, 6.45) is 1.15. The van der Waals surface area contributed by atoms with Crippen LogP contribution in [0.5, 0.6) is 0 Å². The number of carbonyl (C=O) groups excluding carboxylic acids is 2. The lowest BCUT2D eigenvalue weighted by Gasteiger charge is -2.25. The van der Waals surface area contributed by atoms with E-state index in [9.17, 15) is 9.59 Å². The molecule has 1 saturated heterocycles.